The fourth-order valence-electron chi connectivity index (χ4n) is 2.59. The van der Waals surface area contributed by atoms with Gasteiger partial charge in [-0.05, 0) is 46.1 Å². The van der Waals surface area contributed by atoms with Crippen LogP contribution in [0.2, 0.25) is 0 Å². The number of allylic oxidation sites excluding steroid dienone is 3. The summed E-state index contributed by atoms with van der Waals surface area (Å²) in [6.45, 7) is 8.26. The smallest absolute Gasteiger partial charge is 0.162 e. The van der Waals surface area contributed by atoms with Crippen molar-refractivity contribution in [1.82, 2.24) is 0 Å². The standard InChI is InChI=1S/C15H22O2/c1-10(2)12-9-14-15(4,17-14)7-5-6-11(3)8-13(12)16/h6,14H,5,7-9H2,1-4H3/t14?,15-/m0/s1. The van der Waals surface area contributed by atoms with E-state index in [9.17, 15) is 4.79 Å². The topological polar surface area (TPSA) is 29.6 Å². The number of carbonyl (C=O) groups is 1. The Morgan fingerprint density at radius 3 is 2.82 bits per heavy atom. The maximum Gasteiger partial charge on any atom is 0.162 e. The Bertz CT molecular complexity index is 399. The molecular formula is C15H22O2. The number of carbonyl (C=O) groups excluding carboxylic acids is 1. The van der Waals surface area contributed by atoms with Gasteiger partial charge >= 0.3 is 0 Å². The molecule has 0 saturated carbocycles. The maximum absolute atomic E-state index is 12.2. The number of hydrogen-bond acceptors (Lipinski definition) is 2. The van der Waals surface area contributed by atoms with Crippen LogP contribution < -0.4 is 0 Å². The van der Waals surface area contributed by atoms with Gasteiger partial charge in [-0.3, -0.25) is 4.79 Å². The summed E-state index contributed by atoms with van der Waals surface area (Å²) in [6, 6.07) is 0. The highest BCUT2D eigenvalue weighted by Gasteiger charge is 2.51. The van der Waals surface area contributed by atoms with Gasteiger partial charge in [0.05, 0.1) is 11.7 Å². The Hall–Kier alpha value is -0.890. The Morgan fingerprint density at radius 2 is 2.18 bits per heavy atom. The van der Waals surface area contributed by atoms with E-state index >= 15 is 0 Å². The first kappa shape index (κ1) is 12.6. The van der Waals surface area contributed by atoms with E-state index < -0.39 is 0 Å². The fourth-order valence-corrected chi connectivity index (χ4v) is 2.59. The van der Waals surface area contributed by atoms with Crippen LogP contribution in [0.25, 0.3) is 0 Å². The predicted molar refractivity (Wildman–Crippen MR) is 68.9 cm³/mol. The first-order chi connectivity index (χ1) is 7.92. The third-order valence-electron chi connectivity index (χ3n) is 3.94. The van der Waals surface area contributed by atoms with E-state index in [1.54, 1.807) is 0 Å². The van der Waals surface area contributed by atoms with Crippen LogP contribution >= 0.6 is 0 Å². The van der Waals surface area contributed by atoms with Gasteiger partial charge < -0.3 is 4.74 Å². The van der Waals surface area contributed by atoms with Crippen molar-refractivity contribution in [2.45, 2.75) is 65.1 Å². The SMILES string of the molecule is CC1=CCC[C@]2(C)OC2CC(=C(C)C)C(=O)C1. The lowest BCUT2D eigenvalue weighted by molar-refractivity contribution is -0.115. The summed E-state index contributed by atoms with van der Waals surface area (Å²) >= 11 is 0. The van der Waals surface area contributed by atoms with Crippen LogP contribution in [-0.2, 0) is 9.53 Å². The fraction of sp³-hybridized carbons (Fsp3) is 0.667. The minimum absolute atomic E-state index is 0.00903. The second kappa shape index (κ2) is 4.41. The van der Waals surface area contributed by atoms with Crippen molar-refractivity contribution in [1.29, 1.82) is 0 Å². The normalized spacial score (nSPS) is 33.9. The molecule has 0 aromatic carbocycles. The zero-order chi connectivity index (χ0) is 12.6. The minimum atomic E-state index is 0.00903. The predicted octanol–water partition coefficient (Wildman–Crippen LogP) is 3.57. The van der Waals surface area contributed by atoms with Crippen molar-refractivity contribution < 1.29 is 9.53 Å². The first-order valence-electron chi connectivity index (χ1n) is 6.45. The van der Waals surface area contributed by atoms with Crippen LogP contribution in [0.5, 0.6) is 0 Å². The van der Waals surface area contributed by atoms with Gasteiger partial charge in [0.2, 0.25) is 0 Å². The molecular weight excluding hydrogens is 212 g/mol. The lowest BCUT2D eigenvalue weighted by Crippen LogP contribution is -2.15. The molecule has 2 rings (SSSR count). The third-order valence-corrected chi connectivity index (χ3v) is 3.94. The van der Waals surface area contributed by atoms with Crippen molar-refractivity contribution in [2.24, 2.45) is 0 Å². The van der Waals surface area contributed by atoms with Crippen molar-refractivity contribution in [2.75, 3.05) is 0 Å². The Kier molecular flexibility index (Phi) is 3.26. The number of epoxide rings is 1. The second-order valence-corrected chi connectivity index (χ2v) is 5.79. The molecule has 1 aliphatic carbocycles. The van der Waals surface area contributed by atoms with Gasteiger partial charge in [-0.1, -0.05) is 17.2 Å². The van der Waals surface area contributed by atoms with Crippen molar-refractivity contribution in [3.05, 3.63) is 22.8 Å². The van der Waals surface area contributed by atoms with E-state index in [1.807, 2.05) is 13.8 Å². The summed E-state index contributed by atoms with van der Waals surface area (Å²) in [7, 11) is 0. The quantitative estimate of drug-likeness (QED) is 0.364. The largest absolute Gasteiger partial charge is 0.366 e. The number of fused-ring (bicyclic) bond motifs is 1. The molecule has 17 heavy (non-hydrogen) atoms. The van der Waals surface area contributed by atoms with Gasteiger partial charge in [0.15, 0.2) is 5.78 Å². The summed E-state index contributed by atoms with van der Waals surface area (Å²) in [4.78, 5) is 12.2. The highest BCUT2D eigenvalue weighted by Crippen LogP contribution is 2.45. The first-order valence-corrected chi connectivity index (χ1v) is 6.45. The van der Waals surface area contributed by atoms with Gasteiger partial charge in [-0.25, -0.2) is 0 Å². The van der Waals surface area contributed by atoms with Crippen LogP contribution in [0.15, 0.2) is 22.8 Å². The molecule has 1 fully saturated rings. The summed E-state index contributed by atoms with van der Waals surface area (Å²) in [5.74, 6) is 0.276. The zero-order valence-electron chi connectivity index (χ0n) is 11.3. The number of rotatable bonds is 0. The molecule has 0 bridgehead atoms. The van der Waals surface area contributed by atoms with Crippen molar-refractivity contribution in [3.8, 4) is 0 Å². The molecule has 1 heterocycles. The summed E-state index contributed by atoms with van der Waals surface area (Å²) in [6.07, 6.45) is 5.91. The summed E-state index contributed by atoms with van der Waals surface area (Å²) < 4.78 is 5.78. The lowest BCUT2D eigenvalue weighted by Gasteiger charge is -2.12. The molecule has 2 atom stereocenters. The molecule has 2 aliphatic rings. The molecule has 1 aliphatic heterocycles. The molecule has 0 aromatic heterocycles. The highest BCUT2D eigenvalue weighted by molar-refractivity contribution is 5.97. The second-order valence-electron chi connectivity index (χ2n) is 5.79. The lowest BCUT2D eigenvalue weighted by atomic mass is 9.89. The number of hydrogen-bond donors (Lipinski definition) is 0. The molecule has 2 heteroatoms. The molecule has 0 radical (unpaired) electrons. The highest BCUT2D eigenvalue weighted by atomic mass is 16.6. The molecule has 1 saturated heterocycles. The molecule has 0 amide bonds. The Balaban J connectivity index is 2.25. The van der Waals surface area contributed by atoms with Gasteiger partial charge in [-0.15, -0.1) is 0 Å². The van der Waals surface area contributed by atoms with Crippen molar-refractivity contribution in [3.63, 3.8) is 0 Å². The number of Topliss-reactive ketones (excluding diaryl/α,β-unsaturated/α-hetero) is 1. The molecule has 1 unspecified atom stereocenters. The molecule has 2 nitrogen and oxygen atoms in total. The number of ketones is 1. The van der Waals surface area contributed by atoms with Crippen LogP contribution in [0, 0.1) is 0 Å². The molecule has 94 valence electrons. The monoisotopic (exact) mass is 234 g/mol. The van der Waals surface area contributed by atoms with Gasteiger partial charge in [0.1, 0.15) is 0 Å². The van der Waals surface area contributed by atoms with Crippen molar-refractivity contribution >= 4 is 5.78 Å². The van der Waals surface area contributed by atoms with Gasteiger partial charge in [0, 0.05) is 12.8 Å². The average Bonchev–Trinajstić information content (AvgIpc) is 2.84. The van der Waals surface area contributed by atoms with Gasteiger partial charge in [-0.2, -0.15) is 0 Å². The van der Waals surface area contributed by atoms with E-state index in [1.165, 1.54) is 5.57 Å². The Labute approximate surface area is 104 Å². The average molecular weight is 234 g/mol. The van der Waals surface area contributed by atoms with E-state index in [-0.39, 0.29) is 17.5 Å². The van der Waals surface area contributed by atoms with Crippen LogP contribution in [0.3, 0.4) is 0 Å². The van der Waals surface area contributed by atoms with E-state index in [4.69, 9.17) is 4.74 Å². The van der Waals surface area contributed by atoms with E-state index in [0.717, 1.165) is 30.4 Å². The zero-order valence-corrected chi connectivity index (χ0v) is 11.3. The Morgan fingerprint density at radius 1 is 1.47 bits per heavy atom. The van der Waals surface area contributed by atoms with Gasteiger partial charge in [0.25, 0.3) is 0 Å². The van der Waals surface area contributed by atoms with Crippen LogP contribution in [0.1, 0.15) is 53.4 Å². The summed E-state index contributed by atoms with van der Waals surface area (Å²) in [5.41, 5.74) is 3.32. The minimum Gasteiger partial charge on any atom is -0.366 e. The maximum atomic E-state index is 12.2. The van der Waals surface area contributed by atoms with E-state index in [0.29, 0.717) is 6.42 Å². The third kappa shape index (κ3) is 2.68. The molecule has 0 spiro atoms. The molecule has 0 aromatic rings. The summed E-state index contributed by atoms with van der Waals surface area (Å²) in [5, 5.41) is 0. The van der Waals surface area contributed by atoms with Crippen LogP contribution in [-0.4, -0.2) is 17.5 Å². The van der Waals surface area contributed by atoms with Crippen LogP contribution in [0.4, 0.5) is 0 Å². The number of ether oxygens (including phenoxy) is 1. The van der Waals surface area contributed by atoms with E-state index in [2.05, 4.69) is 19.9 Å². The molecule has 0 N–H and O–H groups in total.